The summed E-state index contributed by atoms with van der Waals surface area (Å²) in [4.78, 5) is 18.1. The molecule has 7 aromatic rings. The van der Waals surface area contributed by atoms with Crippen molar-refractivity contribution in [1.29, 1.82) is 0 Å². The lowest BCUT2D eigenvalue weighted by Gasteiger charge is -2.08. The first-order valence-electron chi connectivity index (χ1n) is 18.5. The van der Waals surface area contributed by atoms with Crippen molar-refractivity contribution >= 4 is 46.4 Å². The van der Waals surface area contributed by atoms with Crippen molar-refractivity contribution in [3.8, 4) is 44.5 Å². The molecule has 6 N–H and O–H groups in total. The molecule has 3 aromatic heterocycles. The number of aromatic amines is 2. The van der Waals surface area contributed by atoms with Crippen LogP contribution >= 0.6 is 0 Å². The zero-order valence-electron chi connectivity index (χ0n) is 30.4. The van der Waals surface area contributed by atoms with Gasteiger partial charge in [-0.15, -0.1) is 0 Å². The van der Waals surface area contributed by atoms with E-state index >= 15 is 0 Å². The predicted octanol–water partition coefficient (Wildman–Crippen LogP) is 9.29. The molecule has 274 valence electrons. The second-order valence-corrected chi connectivity index (χ2v) is 13.9. The first-order valence-corrected chi connectivity index (χ1v) is 18.5. The molecule has 4 aromatic carbocycles. The van der Waals surface area contributed by atoms with Gasteiger partial charge in [0.25, 0.3) is 0 Å². The van der Waals surface area contributed by atoms with Crippen molar-refractivity contribution in [2.75, 3.05) is 0 Å². The van der Waals surface area contributed by atoms with E-state index in [1.54, 1.807) is 0 Å². The van der Waals surface area contributed by atoms with Crippen LogP contribution in [0.3, 0.4) is 0 Å². The van der Waals surface area contributed by atoms with Crippen LogP contribution in [0.4, 0.5) is 0 Å². The van der Waals surface area contributed by atoms with E-state index in [4.69, 9.17) is 9.97 Å². The summed E-state index contributed by atoms with van der Waals surface area (Å²) < 4.78 is 0. The van der Waals surface area contributed by atoms with Crippen molar-refractivity contribution < 1.29 is 20.4 Å². The molecule has 0 spiro atoms. The lowest BCUT2D eigenvalue weighted by molar-refractivity contribution is 0.281. The number of aliphatic hydroxyl groups is 4. The van der Waals surface area contributed by atoms with E-state index in [2.05, 4.69) is 34.2 Å². The molecule has 0 unspecified atom stereocenters. The van der Waals surface area contributed by atoms with Crippen LogP contribution in [-0.2, 0) is 26.4 Å². The SMILES string of the molecule is OCc1ccc(-c2c3nc(c(-c4ccc(CO)cc4)c4ccc([nH]4)c(-c4ccc(CO)cc4)c4nc(c(-c5ccc(CO)cc5)c5ccc2[nH]5)C=C4)C=C3)cc1. The van der Waals surface area contributed by atoms with Crippen LogP contribution in [0.25, 0.3) is 90.9 Å². The summed E-state index contributed by atoms with van der Waals surface area (Å²) in [7, 11) is 0. The minimum Gasteiger partial charge on any atom is -0.392 e. The van der Waals surface area contributed by atoms with Crippen LogP contribution in [0.15, 0.2) is 121 Å². The Morgan fingerprint density at radius 2 is 0.518 bits per heavy atom. The summed E-state index contributed by atoms with van der Waals surface area (Å²) in [6.45, 7) is -0.215. The molecule has 0 atom stereocenters. The molecule has 8 nitrogen and oxygen atoms in total. The molecule has 9 rings (SSSR count). The Labute approximate surface area is 323 Å². The Kier molecular flexibility index (Phi) is 9.30. The Balaban J connectivity index is 1.44. The average Bonchev–Trinajstić information content (AvgIpc) is 4.10. The van der Waals surface area contributed by atoms with Crippen molar-refractivity contribution in [3.05, 3.63) is 166 Å². The van der Waals surface area contributed by atoms with Crippen LogP contribution in [0.5, 0.6) is 0 Å². The highest BCUT2D eigenvalue weighted by molar-refractivity contribution is 5.99. The molecule has 0 saturated heterocycles. The van der Waals surface area contributed by atoms with Crippen molar-refractivity contribution in [2.24, 2.45) is 0 Å². The van der Waals surface area contributed by atoms with Gasteiger partial charge in [0.15, 0.2) is 0 Å². The number of hydrogen-bond acceptors (Lipinski definition) is 6. The Hall–Kier alpha value is -6.68. The maximum atomic E-state index is 9.84. The molecule has 8 bridgehead atoms. The van der Waals surface area contributed by atoms with E-state index in [1.165, 1.54) is 0 Å². The van der Waals surface area contributed by atoms with Gasteiger partial charge in [-0.3, -0.25) is 0 Å². The second-order valence-electron chi connectivity index (χ2n) is 13.9. The van der Waals surface area contributed by atoms with E-state index < -0.39 is 0 Å². The maximum absolute atomic E-state index is 9.84. The number of H-pyrrole nitrogens is 2. The second kappa shape index (κ2) is 14.9. The minimum atomic E-state index is -0.0539. The molecule has 0 saturated carbocycles. The summed E-state index contributed by atoms with van der Waals surface area (Å²) >= 11 is 0. The van der Waals surface area contributed by atoms with E-state index in [0.717, 1.165) is 112 Å². The zero-order valence-corrected chi connectivity index (χ0v) is 30.4. The van der Waals surface area contributed by atoms with Gasteiger partial charge in [0.2, 0.25) is 0 Å². The van der Waals surface area contributed by atoms with Gasteiger partial charge in [0.1, 0.15) is 0 Å². The highest BCUT2D eigenvalue weighted by Gasteiger charge is 2.19. The van der Waals surface area contributed by atoms with Gasteiger partial charge in [-0.1, -0.05) is 97.1 Å². The fourth-order valence-electron chi connectivity index (χ4n) is 7.53. The highest BCUT2D eigenvalue weighted by Crippen LogP contribution is 2.38. The molecule has 0 aliphatic carbocycles. The van der Waals surface area contributed by atoms with Crippen molar-refractivity contribution in [1.82, 2.24) is 19.9 Å². The predicted molar refractivity (Wildman–Crippen MR) is 224 cm³/mol. The van der Waals surface area contributed by atoms with Crippen molar-refractivity contribution in [2.45, 2.75) is 26.4 Å². The fourth-order valence-corrected chi connectivity index (χ4v) is 7.53. The number of rotatable bonds is 8. The summed E-state index contributed by atoms with van der Waals surface area (Å²) in [5, 5.41) is 39.4. The zero-order chi connectivity index (χ0) is 38.2. The van der Waals surface area contributed by atoms with Gasteiger partial charge < -0.3 is 30.4 Å². The topological polar surface area (TPSA) is 138 Å². The average molecular weight is 735 g/mol. The maximum Gasteiger partial charge on any atom is 0.0737 e. The Bertz CT molecular complexity index is 2430. The standard InChI is InChI=1S/C48H38N4O4/c53-25-29-1-9-33(10-2-29)45-37-17-19-39(49-37)46(34-11-3-30(26-54)4-12-34)41-21-23-43(51-41)48(36-15-7-32(28-56)8-16-36)44-24-22-42(52-44)47(40-20-18-38(45)50-40)35-13-5-31(27-55)6-14-35/h1-24,49,52-56H,25-28H2. The fraction of sp³-hybridized carbons (Fsp3) is 0.0833. The van der Waals surface area contributed by atoms with Gasteiger partial charge in [0, 0.05) is 44.3 Å². The highest BCUT2D eigenvalue weighted by atomic mass is 16.3. The lowest BCUT2D eigenvalue weighted by Crippen LogP contribution is -1.91. The number of aromatic nitrogens is 4. The van der Waals surface area contributed by atoms with Crippen LogP contribution < -0.4 is 0 Å². The molecule has 2 aliphatic heterocycles. The van der Waals surface area contributed by atoms with Gasteiger partial charge >= 0.3 is 0 Å². The van der Waals surface area contributed by atoms with Crippen LogP contribution in [0.2, 0.25) is 0 Å². The molecule has 0 fully saturated rings. The number of fused-ring (bicyclic) bond motifs is 8. The number of hydrogen-bond donors (Lipinski definition) is 6. The van der Waals surface area contributed by atoms with Crippen LogP contribution in [-0.4, -0.2) is 40.4 Å². The van der Waals surface area contributed by atoms with E-state index in [-0.39, 0.29) is 26.4 Å². The first-order chi connectivity index (χ1) is 27.5. The number of nitrogens with zero attached hydrogens (tertiary/aromatic N) is 2. The molecule has 0 amide bonds. The van der Waals surface area contributed by atoms with Gasteiger partial charge in [-0.05, 0) is 93.1 Å². The largest absolute Gasteiger partial charge is 0.392 e. The third-order valence-electron chi connectivity index (χ3n) is 10.5. The molecule has 2 aliphatic rings. The summed E-state index contributed by atoms with van der Waals surface area (Å²) in [6, 6.07) is 39.8. The normalized spacial score (nSPS) is 12.1. The third kappa shape index (κ3) is 6.46. The molecule has 5 heterocycles. The Morgan fingerprint density at radius 1 is 0.304 bits per heavy atom. The number of benzene rings is 4. The minimum absolute atomic E-state index is 0.0539. The number of nitrogens with one attached hydrogen (secondary N) is 2. The third-order valence-corrected chi connectivity index (χ3v) is 10.5. The van der Waals surface area contributed by atoms with Crippen LogP contribution in [0, 0.1) is 0 Å². The molecular weight excluding hydrogens is 697 g/mol. The Morgan fingerprint density at radius 3 is 0.714 bits per heavy atom. The first kappa shape index (κ1) is 35.0. The quantitative estimate of drug-likeness (QED) is 0.0921. The van der Waals surface area contributed by atoms with Gasteiger partial charge in [-0.2, -0.15) is 0 Å². The molecular formula is C48H38N4O4. The summed E-state index contributed by atoms with van der Waals surface area (Å²) in [6.07, 6.45) is 8.16. The smallest absolute Gasteiger partial charge is 0.0737 e. The summed E-state index contributed by atoms with van der Waals surface area (Å²) in [5.41, 5.74) is 17.1. The lowest BCUT2D eigenvalue weighted by atomic mass is 10.0. The monoisotopic (exact) mass is 734 g/mol. The van der Waals surface area contributed by atoms with E-state index in [1.807, 2.05) is 121 Å². The van der Waals surface area contributed by atoms with Crippen LogP contribution in [0.1, 0.15) is 45.0 Å². The molecule has 0 radical (unpaired) electrons. The van der Waals surface area contributed by atoms with Crippen molar-refractivity contribution in [3.63, 3.8) is 0 Å². The van der Waals surface area contributed by atoms with E-state index in [0.29, 0.717) is 0 Å². The van der Waals surface area contributed by atoms with Gasteiger partial charge in [-0.25, -0.2) is 9.97 Å². The van der Waals surface area contributed by atoms with Gasteiger partial charge in [0.05, 0.1) is 49.2 Å². The van der Waals surface area contributed by atoms with E-state index in [9.17, 15) is 20.4 Å². The summed E-state index contributed by atoms with van der Waals surface area (Å²) in [5.74, 6) is 0. The number of aliphatic hydroxyl groups excluding tert-OH is 4. The molecule has 8 heteroatoms. The molecule has 56 heavy (non-hydrogen) atoms.